The SMILES string of the molecule is COc1cccc(CN2CC(N)CC2=O)c1OC. The van der Waals surface area contributed by atoms with Gasteiger partial charge >= 0.3 is 0 Å². The Hall–Kier alpha value is -1.75. The molecule has 98 valence electrons. The van der Waals surface area contributed by atoms with Crippen LogP contribution in [0.3, 0.4) is 0 Å². The Morgan fingerprint density at radius 1 is 1.39 bits per heavy atom. The van der Waals surface area contributed by atoms with Gasteiger partial charge < -0.3 is 20.1 Å². The van der Waals surface area contributed by atoms with Crippen LogP contribution < -0.4 is 15.2 Å². The molecule has 2 N–H and O–H groups in total. The summed E-state index contributed by atoms with van der Waals surface area (Å²) in [4.78, 5) is 13.5. The standard InChI is InChI=1S/C13H18N2O3/c1-17-11-5-3-4-9(13(11)18-2)7-15-8-10(14)6-12(15)16/h3-5,10H,6-8,14H2,1-2H3. The summed E-state index contributed by atoms with van der Waals surface area (Å²) in [5, 5.41) is 0. The van der Waals surface area contributed by atoms with Gasteiger partial charge in [-0.05, 0) is 6.07 Å². The molecule has 1 fully saturated rings. The summed E-state index contributed by atoms with van der Waals surface area (Å²) in [7, 11) is 3.19. The maximum Gasteiger partial charge on any atom is 0.224 e. The Bertz CT molecular complexity index is 448. The summed E-state index contributed by atoms with van der Waals surface area (Å²) in [6.45, 7) is 1.10. The molecule has 1 aliphatic heterocycles. The van der Waals surface area contributed by atoms with Gasteiger partial charge in [0.05, 0.1) is 14.2 Å². The molecule has 1 unspecified atom stereocenters. The van der Waals surface area contributed by atoms with Crippen molar-refractivity contribution in [1.82, 2.24) is 4.90 Å². The average molecular weight is 250 g/mol. The summed E-state index contributed by atoms with van der Waals surface area (Å²) in [6, 6.07) is 5.59. The quantitative estimate of drug-likeness (QED) is 0.857. The van der Waals surface area contributed by atoms with E-state index in [1.165, 1.54) is 0 Å². The summed E-state index contributed by atoms with van der Waals surface area (Å²) >= 11 is 0. The van der Waals surface area contributed by atoms with Crippen LogP contribution in [0.4, 0.5) is 0 Å². The topological polar surface area (TPSA) is 64.8 Å². The number of methoxy groups -OCH3 is 2. The molecule has 1 saturated heterocycles. The monoisotopic (exact) mass is 250 g/mol. The highest BCUT2D eigenvalue weighted by Gasteiger charge is 2.27. The zero-order valence-electron chi connectivity index (χ0n) is 10.7. The van der Waals surface area contributed by atoms with E-state index in [9.17, 15) is 4.79 Å². The number of ether oxygens (including phenoxy) is 2. The van der Waals surface area contributed by atoms with Gasteiger partial charge in [0, 0.05) is 31.1 Å². The zero-order valence-corrected chi connectivity index (χ0v) is 10.7. The molecule has 5 nitrogen and oxygen atoms in total. The van der Waals surface area contributed by atoms with Crippen LogP contribution in [0, 0.1) is 0 Å². The number of amides is 1. The lowest BCUT2D eigenvalue weighted by Crippen LogP contribution is -2.28. The number of hydrogen-bond donors (Lipinski definition) is 1. The predicted octanol–water partition coefficient (Wildman–Crippen LogP) is 0.763. The third kappa shape index (κ3) is 2.41. The molecule has 0 spiro atoms. The summed E-state index contributed by atoms with van der Waals surface area (Å²) in [5.41, 5.74) is 6.71. The van der Waals surface area contributed by atoms with E-state index < -0.39 is 0 Å². The maximum absolute atomic E-state index is 11.7. The molecule has 1 heterocycles. The minimum Gasteiger partial charge on any atom is -0.493 e. The number of likely N-dealkylation sites (tertiary alicyclic amines) is 1. The van der Waals surface area contributed by atoms with E-state index >= 15 is 0 Å². The molecular weight excluding hydrogens is 232 g/mol. The van der Waals surface area contributed by atoms with Crippen LogP contribution in [0.1, 0.15) is 12.0 Å². The predicted molar refractivity (Wildman–Crippen MR) is 67.6 cm³/mol. The number of nitrogens with two attached hydrogens (primary N) is 1. The van der Waals surface area contributed by atoms with Crippen molar-refractivity contribution < 1.29 is 14.3 Å². The maximum atomic E-state index is 11.7. The van der Waals surface area contributed by atoms with E-state index in [4.69, 9.17) is 15.2 Å². The van der Waals surface area contributed by atoms with Gasteiger partial charge in [0.15, 0.2) is 11.5 Å². The highest BCUT2D eigenvalue weighted by molar-refractivity contribution is 5.79. The highest BCUT2D eigenvalue weighted by Crippen LogP contribution is 2.32. The van der Waals surface area contributed by atoms with Crippen molar-refractivity contribution in [1.29, 1.82) is 0 Å². The van der Waals surface area contributed by atoms with E-state index in [-0.39, 0.29) is 11.9 Å². The minimum atomic E-state index is -0.0610. The second-order valence-electron chi connectivity index (χ2n) is 4.39. The van der Waals surface area contributed by atoms with Crippen LogP contribution >= 0.6 is 0 Å². The second kappa shape index (κ2) is 5.27. The molecule has 0 bridgehead atoms. The van der Waals surface area contributed by atoms with Crippen LogP contribution in [0.15, 0.2) is 18.2 Å². The number of nitrogens with zero attached hydrogens (tertiary/aromatic N) is 1. The van der Waals surface area contributed by atoms with Crippen molar-refractivity contribution in [2.75, 3.05) is 20.8 Å². The Labute approximate surface area is 106 Å². The lowest BCUT2D eigenvalue weighted by atomic mass is 10.1. The lowest BCUT2D eigenvalue weighted by Gasteiger charge is -2.19. The van der Waals surface area contributed by atoms with E-state index in [2.05, 4.69) is 0 Å². The van der Waals surface area contributed by atoms with Crippen molar-refractivity contribution >= 4 is 5.91 Å². The van der Waals surface area contributed by atoms with Crippen molar-refractivity contribution in [2.45, 2.75) is 19.0 Å². The highest BCUT2D eigenvalue weighted by atomic mass is 16.5. The van der Waals surface area contributed by atoms with Gasteiger partial charge in [-0.15, -0.1) is 0 Å². The normalized spacial score (nSPS) is 19.2. The van der Waals surface area contributed by atoms with Crippen LogP contribution in [-0.2, 0) is 11.3 Å². The van der Waals surface area contributed by atoms with Crippen molar-refractivity contribution in [3.63, 3.8) is 0 Å². The van der Waals surface area contributed by atoms with Crippen molar-refractivity contribution in [3.8, 4) is 11.5 Å². The molecule has 5 heteroatoms. The van der Waals surface area contributed by atoms with Crippen LogP contribution in [-0.4, -0.2) is 37.6 Å². The van der Waals surface area contributed by atoms with E-state index in [1.807, 2.05) is 18.2 Å². The number of para-hydroxylation sites is 1. The van der Waals surface area contributed by atoms with Crippen LogP contribution in [0.2, 0.25) is 0 Å². The zero-order chi connectivity index (χ0) is 13.1. The van der Waals surface area contributed by atoms with Crippen molar-refractivity contribution in [3.05, 3.63) is 23.8 Å². The van der Waals surface area contributed by atoms with Gasteiger partial charge in [0.1, 0.15) is 0 Å². The van der Waals surface area contributed by atoms with Crippen LogP contribution in [0.5, 0.6) is 11.5 Å². The number of carbonyl (C=O) groups excluding carboxylic acids is 1. The molecule has 1 amide bonds. The molecule has 2 rings (SSSR count). The molecule has 0 aromatic heterocycles. The first-order chi connectivity index (χ1) is 8.65. The van der Waals surface area contributed by atoms with Gasteiger partial charge in [0.25, 0.3) is 0 Å². The van der Waals surface area contributed by atoms with Gasteiger partial charge in [-0.25, -0.2) is 0 Å². The molecule has 1 aliphatic rings. The molecular formula is C13H18N2O3. The Kier molecular flexibility index (Phi) is 3.72. The smallest absolute Gasteiger partial charge is 0.224 e. The number of rotatable bonds is 4. The molecule has 0 saturated carbocycles. The number of hydrogen-bond acceptors (Lipinski definition) is 4. The van der Waals surface area contributed by atoms with Crippen LogP contribution in [0.25, 0.3) is 0 Å². The van der Waals surface area contributed by atoms with E-state index in [0.717, 1.165) is 5.56 Å². The molecule has 0 radical (unpaired) electrons. The first-order valence-electron chi connectivity index (χ1n) is 5.89. The van der Waals surface area contributed by atoms with Gasteiger partial charge in [0.2, 0.25) is 5.91 Å². The van der Waals surface area contributed by atoms with E-state index in [0.29, 0.717) is 31.0 Å². The van der Waals surface area contributed by atoms with Gasteiger partial charge in [-0.1, -0.05) is 12.1 Å². The first kappa shape index (κ1) is 12.7. The minimum absolute atomic E-state index is 0.0610. The first-order valence-corrected chi connectivity index (χ1v) is 5.89. The molecule has 1 aromatic carbocycles. The fraction of sp³-hybridized carbons (Fsp3) is 0.462. The molecule has 1 aromatic rings. The van der Waals surface area contributed by atoms with Crippen molar-refractivity contribution in [2.24, 2.45) is 5.73 Å². The second-order valence-corrected chi connectivity index (χ2v) is 4.39. The van der Waals surface area contributed by atoms with Gasteiger partial charge in [-0.2, -0.15) is 0 Å². The largest absolute Gasteiger partial charge is 0.493 e. The third-order valence-corrected chi connectivity index (χ3v) is 3.09. The Morgan fingerprint density at radius 3 is 2.72 bits per heavy atom. The Balaban J connectivity index is 2.21. The molecule has 18 heavy (non-hydrogen) atoms. The molecule has 0 aliphatic carbocycles. The average Bonchev–Trinajstić information content (AvgIpc) is 2.67. The van der Waals surface area contributed by atoms with E-state index in [1.54, 1.807) is 19.1 Å². The third-order valence-electron chi connectivity index (χ3n) is 3.09. The van der Waals surface area contributed by atoms with Gasteiger partial charge in [-0.3, -0.25) is 4.79 Å². The summed E-state index contributed by atoms with van der Waals surface area (Å²) in [5.74, 6) is 1.44. The lowest BCUT2D eigenvalue weighted by molar-refractivity contribution is -0.128. The molecule has 1 atom stereocenters. The fourth-order valence-electron chi connectivity index (χ4n) is 2.24. The summed E-state index contributed by atoms with van der Waals surface area (Å²) in [6.07, 6.45) is 0.423. The Morgan fingerprint density at radius 2 is 2.17 bits per heavy atom. The fourth-order valence-corrected chi connectivity index (χ4v) is 2.24. The number of benzene rings is 1. The summed E-state index contributed by atoms with van der Waals surface area (Å²) < 4.78 is 10.6. The number of carbonyl (C=O) groups is 1.